The third-order valence-electron chi connectivity index (χ3n) is 6.17. The first kappa shape index (κ1) is 34.5. The number of aliphatic carboxylic acids is 1. The van der Waals surface area contributed by atoms with Crippen LogP contribution in [-0.2, 0) is 17.9 Å². The Hall–Kier alpha value is -3.68. The van der Waals surface area contributed by atoms with Gasteiger partial charge in [-0.2, -0.15) is 22.0 Å². The van der Waals surface area contributed by atoms with Crippen molar-refractivity contribution in [2.45, 2.75) is 58.6 Å². The SMILES string of the molecule is CC(C)COc1ccc(CNC(=O)N(Cc2ccc(F)cc2OC(F)F)C2CCN(C)CC2)cc1.O=C(O)C(F)(F)F. The molecule has 0 atom stereocenters. The number of alkyl halides is 5. The van der Waals surface area contributed by atoms with Crippen molar-refractivity contribution >= 4 is 12.0 Å². The lowest BCUT2D eigenvalue weighted by Crippen LogP contribution is -2.49. The average molecular weight is 608 g/mol. The second-order valence-corrected chi connectivity index (χ2v) is 10.1. The predicted octanol–water partition coefficient (Wildman–Crippen LogP) is 5.90. The highest BCUT2D eigenvalue weighted by atomic mass is 19.4. The summed E-state index contributed by atoms with van der Waals surface area (Å²) in [7, 11) is 2.02. The van der Waals surface area contributed by atoms with Gasteiger partial charge in [0.15, 0.2) is 0 Å². The van der Waals surface area contributed by atoms with Crippen molar-refractivity contribution in [3.8, 4) is 11.5 Å². The van der Waals surface area contributed by atoms with E-state index in [0.29, 0.717) is 24.6 Å². The lowest BCUT2D eigenvalue weighted by atomic mass is 10.0. The Morgan fingerprint density at radius 1 is 1.10 bits per heavy atom. The van der Waals surface area contributed by atoms with Gasteiger partial charge in [-0.3, -0.25) is 0 Å². The zero-order valence-corrected chi connectivity index (χ0v) is 23.5. The maximum absolute atomic E-state index is 13.7. The number of nitrogens with one attached hydrogen (secondary N) is 1. The van der Waals surface area contributed by atoms with Gasteiger partial charge in [-0.25, -0.2) is 14.0 Å². The number of hydrogen-bond donors (Lipinski definition) is 2. The highest BCUT2D eigenvalue weighted by Gasteiger charge is 2.38. The third kappa shape index (κ3) is 12.0. The van der Waals surface area contributed by atoms with Crippen LogP contribution in [0, 0.1) is 11.7 Å². The Morgan fingerprint density at radius 3 is 2.21 bits per heavy atom. The van der Waals surface area contributed by atoms with Gasteiger partial charge >= 0.3 is 24.8 Å². The number of benzene rings is 2. The van der Waals surface area contributed by atoms with Crippen LogP contribution in [0.15, 0.2) is 42.5 Å². The molecule has 1 saturated heterocycles. The zero-order valence-electron chi connectivity index (χ0n) is 23.5. The van der Waals surface area contributed by atoms with E-state index in [1.165, 1.54) is 12.1 Å². The summed E-state index contributed by atoms with van der Waals surface area (Å²) < 4.78 is 81.4. The standard InChI is InChI=1S/C26H34F3N3O3.C2HF3O2/c1-18(2)17-34-23-8-4-19(5-9-23)15-30-26(33)32(22-10-12-31(3)13-11-22)16-20-6-7-21(27)14-24(20)35-25(28)29;3-2(4,5)1(6)7/h4-9,14,18,22,25H,10-13,15-17H2,1-3H3,(H,30,33);(H,6,7). The van der Waals surface area contributed by atoms with Crippen LogP contribution in [0.5, 0.6) is 11.5 Å². The summed E-state index contributed by atoms with van der Waals surface area (Å²) in [6, 6.07) is 10.6. The number of carboxylic acids is 1. The van der Waals surface area contributed by atoms with E-state index < -0.39 is 24.6 Å². The molecule has 3 rings (SSSR count). The lowest BCUT2D eigenvalue weighted by Gasteiger charge is -2.37. The maximum Gasteiger partial charge on any atom is 0.490 e. The second-order valence-electron chi connectivity index (χ2n) is 10.1. The van der Waals surface area contributed by atoms with Crippen molar-refractivity contribution < 1.29 is 50.5 Å². The molecule has 234 valence electrons. The molecule has 2 N–H and O–H groups in total. The first-order chi connectivity index (χ1) is 19.6. The topological polar surface area (TPSA) is 91.3 Å². The summed E-state index contributed by atoms with van der Waals surface area (Å²) in [4.78, 5) is 26.0. The molecule has 1 aliphatic heterocycles. The molecule has 1 heterocycles. The van der Waals surface area contributed by atoms with Crippen molar-refractivity contribution in [3.63, 3.8) is 0 Å². The largest absolute Gasteiger partial charge is 0.493 e. The van der Waals surface area contributed by atoms with Crippen LogP contribution in [0.2, 0.25) is 0 Å². The normalized spacial score (nSPS) is 14.3. The number of amides is 2. The molecular weight excluding hydrogens is 572 g/mol. The molecule has 14 heteroatoms. The summed E-state index contributed by atoms with van der Waals surface area (Å²) in [5.74, 6) is -2.51. The van der Waals surface area contributed by atoms with Gasteiger partial charge in [0.25, 0.3) is 0 Å². The number of piperidine rings is 1. The minimum absolute atomic E-state index is 0.0323. The molecule has 2 aromatic rings. The fourth-order valence-corrected chi connectivity index (χ4v) is 3.97. The van der Waals surface area contributed by atoms with Gasteiger partial charge in [-0.15, -0.1) is 0 Å². The van der Waals surface area contributed by atoms with E-state index in [4.69, 9.17) is 14.6 Å². The number of urea groups is 1. The van der Waals surface area contributed by atoms with Crippen LogP contribution in [0.1, 0.15) is 37.8 Å². The Balaban J connectivity index is 0.000000782. The Labute approximate surface area is 240 Å². The van der Waals surface area contributed by atoms with Gasteiger partial charge in [-0.05, 0) is 62.7 Å². The van der Waals surface area contributed by atoms with Crippen LogP contribution in [0.4, 0.5) is 31.1 Å². The Morgan fingerprint density at radius 2 is 1.69 bits per heavy atom. The Bertz CT molecular complexity index is 1140. The first-order valence-electron chi connectivity index (χ1n) is 13.1. The van der Waals surface area contributed by atoms with E-state index in [2.05, 4.69) is 28.8 Å². The van der Waals surface area contributed by atoms with Crippen LogP contribution in [0.25, 0.3) is 0 Å². The van der Waals surface area contributed by atoms with E-state index >= 15 is 0 Å². The number of nitrogens with zero attached hydrogens (tertiary/aromatic N) is 2. The van der Waals surface area contributed by atoms with Crippen molar-refractivity contribution in [1.82, 2.24) is 15.1 Å². The van der Waals surface area contributed by atoms with E-state index in [1.54, 1.807) is 4.90 Å². The minimum atomic E-state index is -5.08. The van der Waals surface area contributed by atoms with E-state index in [1.807, 2.05) is 31.3 Å². The van der Waals surface area contributed by atoms with E-state index in [9.17, 15) is 31.1 Å². The summed E-state index contributed by atoms with van der Waals surface area (Å²) in [5, 5.41) is 10.1. The van der Waals surface area contributed by atoms with E-state index in [0.717, 1.165) is 43.3 Å². The van der Waals surface area contributed by atoms with Gasteiger partial charge in [0, 0.05) is 24.2 Å². The van der Waals surface area contributed by atoms with Crippen molar-refractivity contribution in [2.75, 3.05) is 26.7 Å². The molecule has 0 unspecified atom stereocenters. The molecule has 1 fully saturated rings. The molecule has 0 spiro atoms. The summed E-state index contributed by atoms with van der Waals surface area (Å²) in [6.45, 7) is 3.66. The van der Waals surface area contributed by atoms with Gasteiger partial charge in [0.05, 0.1) is 13.2 Å². The molecule has 8 nitrogen and oxygen atoms in total. The summed E-state index contributed by atoms with van der Waals surface area (Å²) >= 11 is 0. The molecule has 0 aliphatic carbocycles. The van der Waals surface area contributed by atoms with Crippen LogP contribution in [0.3, 0.4) is 0 Å². The second kappa shape index (κ2) is 16.1. The van der Waals surface area contributed by atoms with Gasteiger partial charge in [-0.1, -0.05) is 32.0 Å². The predicted molar refractivity (Wildman–Crippen MR) is 142 cm³/mol. The number of carbonyl (C=O) groups is 2. The zero-order chi connectivity index (χ0) is 31.4. The molecule has 42 heavy (non-hydrogen) atoms. The fourth-order valence-electron chi connectivity index (χ4n) is 3.97. The quantitative estimate of drug-likeness (QED) is 0.327. The molecule has 1 aliphatic rings. The molecular formula is C28H35F6N3O5. The van der Waals surface area contributed by atoms with Gasteiger partial charge in [0.2, 0.25) is 0 Å². The maximum atomic E-state index is 13.7. The molecule has 2 aromatic carbocycles. The van der Waals surface area contributed by atoms with Gasteiger partial charge < -0.3 is 29.7 Å². The van der Waals surface area contributed by atoms with E-state index in [-0.39, 0.29) is 24.4 Å². The highest BCUT2D eigenvalue weighted by Crippen LogP contribution is 2.26. The molecule has 0 saturated carbocycles. The fraction of sp³-hybridized carbons (Fsp3) is 0.500. The molecule has 2 amide bonds. The molecule has 0 aromatic heterocycles. The monoisotopic (exact) mass is 607 g/mol. The number of carbonyl (C=O) groups excluding carboxylic acids is 1. The summed E-state index contributed by atoms with van der Waals surface area (Å²) in [5.41, 5.74) is 1.23. The molecule has 0 radical (unpaired) electrons. The molecule has 0 bridgehead atoms. The third-order valence-corrected chi connectivity index (χ3v) is 6.17. The van der Waals surface area contributed by atoms with Crippen molar-refractivity contribution in [1.29, 1.82) is 0 Å². The highest BCUT2D eigenvalue weighted by molar-refractivity contribution is 5.75. The lowest BCUT2D eigenvalue weighted by molar-refractivity contribution is -0.192. The number of halogens is 6. The van der Waals surface area contributed by atoms with Gasteiger partial charge in [0.1, 0.15) is 17.3 Å². The van der Waals surface area contributed by atoms with Crippen molar-refractivity contribution in [3.05, 3.63) is 59.4 Å². The average Bonchev–Trinajstić information content (AvgIpc) is 2.91. The first-order valence-corrected chi connectivity index (χ1v) is 13.1. The number of carboxylic acid groups (broad SMARTS) is 1. The minimum Gasteiger partial charge on any atom is -0.493 e. The Kier molecular flexibility index (Phi) is 13.2. The van der Waals surface area contributed by atoms with Crippen LogP contribution < -0.4 is 14.8 Å². The van der Waals surface area contributed by atoms with Crippen molar-refractivity contribution in [2.24, 2.45) is 5.92 Å². The van der Waals surface area contributed by atoms with Crippen LogP contribution >= 0.6 is 0 Å². The summed E-state index contributed by atoms with van der Waals surface area (Å²) in [6.07, 6.45) is -3.59. The number of rotatable bonds is 10. The van der Waals surface area contributed by atoms with Crippen LogP contribution in [-0.4, -0.2) is 72.5 Å². The number of ether oxygens (including phenoxy) is 2. The smallest absolute Gasteiger partial charge is 0.490 e. The number of hydrogen-bond acceptors (Lipinski definition) is 5. The number of likely N-dealkylation sites (tertiary alicyclic amines) is 1.